The number of benzene rings is 1. The van der Waals surface area contributed by atoms with Crippen molar-refractivity contribution in [3.05, 3.63) is 46.5 Å². The molecule has 0 amide bonds. The van der Waals surface area contributed by atoms with E-state index in [4.69, 9.17) is 17.3 Å². The Kier molecular flexibility index (Phi) is 3.41. The number of rotatable bonds is 2. The zero-order chi connectivity index (χ0) is 10.7. The molecule has 15 heavy (non-hydrogen) atoms. The van der Waals surface area contributed by atoms with Crippen LogP contribution in [0.25, 0.3) is 0 Å². The van der Waals surface area contributed by atoms with E-state index in [1.54, 1.807) is 0 Å². The summed E-state index contributed by atoms with van der Waals surface area (Å²) in [5.41, 5.74) is 8.33. The van der Waals surface area contributed by atoms with Crippen LogP contribution in [0.3, 0.4) is 0 Å². The normalized spacial score (nSPS) is 21.2. The summed E-state index contributed by atoms with van der Waals surface area (Å²) in [6, 6.07) is 8.08. The Bertz CT molecular complexity index is 374. The third-order valence-electron chi connectivity index (χ3n) is 2.56. The molecule has 0 aliphatic carbocycles. The average Bonchev–Trinajstić information content (AvgIpc) is 2.22. The van der Waals surface area contributed by atoms with Gasteiger partial charge in [-0.1, -0.05) is 41.4 Å². The molecule has 0 radical (unpaired) electrons. The summed E-state index contributed by atoms with van der Waals surface area (Å²) >= 11 is 6.10. The van der Waals surface area contributed by atoms with Gasteiger partial charge in [0.15, 0.2) is 0 Å². The van der Waals surface area contributed by atoms with E-state index in [1.807, 2.05) is 18.2 Å². The minimum Gasteiger partial charge on any atom is -0.323 e. The van der Waals surface area contributed by atoms with E-state index in [0.717, 1.165) is 24.5 Å². The summed E-state index contributed by atoms with van der Waals surface area (Å²) in [6.45, 7) is 1.78. The topological polar surface area (TPSA) is 38.0 Å². The SMILES string of the molecule is NC1C=C(Cc2ccccc2Cl)CNC1. The summed E-state index contributed by atoms with van der Waals surface area (Å²) in [6.07, 6.45) is 3.03. The molecule has 1 aromatic rings. The van der Waals surface area contributed by atoms with Gasteiger partial charge in [0.25, 0.3) is 0 Å². The Labute approximate surface area is 95.1 Å². The van der Waals surface area contributed by atoms with Gasteiger partial charge in [0.2, 0.25) is 0 Å². The molecule has 0 bridgehead atoms. The first kappa shape index (κ1) is 10.7. The van der Waals surface area contributed by atoms with Crippen molar-refractivity contribution in [2.75, 3.05) is 13.1 Å². The van der Waals surface area contributed by atoms with Crippen LogP contribution < -0.4 is 11.1 Å². The minimum atomic E-state index is 0.135. The van der Waals surface area contributed by atoms with Gasteiger partial charge in [0, 0.05) is 24.2 Å². The highest BCUT2D eigenvalue weighted by Gasteiger charge is 2.10. The third-order valence-corrected chi connectivity index (χ3v) is 2.93. The zero-order valence-corrected chi connectivity index (χ0v) is 9.30. The largest absolute Gasteiger partial charge is 0.323 e. The number of nitrogens with one attached hydrogen (secondary N) is 1. The number of hydrogen-bond donors (Lipinski definition) is 2. The maximum absolute atomic E-state index is 6.10. The molecule has 1 heterocycles. The van der Waals surface area contributed by atoms with Crippen molar-refractivity contribution in [2.45, 2.75) is 12.5 Å². The van der Waals surface area contributed by atoms with Crippen molar-refractivity contribution in [1.29, 1.82) is 0 Å². The van der Waals surface area contributed by atoms with E-state index >= 15 is 0 Å². The van der Waals surface area contributed by atoms with Crippen LogP contribution in [0.4, 0.5) is 0 Å². The first-order valence-electron chi connectivity index (χ1n) is 5.15. The van der Waals surface area contributed by atoms with E-state index in [1.165, 1.54) is 11.1 Å². The van der Waals surface area contributed by atoms with Crippen LogP contribution in [0.5, 0.6) is 0 Å². The van der Waals surface area contributed by atoms with E-state index in [-0.39, 0.29) is 6.04 Å². The third kappa shape index (κ3) is 2.81. The molecule has 3 N–H and O–H groups in total. The molecule has 0 aromatic heterocycles. The fraction of sp³-hybridized carbons (Fsp3) is 0.333. The van der Waals surface area contributed by atoms with Crippen LogP contribution in [0.15, 0.2) is 35.9 Å². The van der Waals surface area contributed by atoms with Gasteiger partial charge in [-0.05, 0) is 18.1 Å². The predicted molar refractivity (Wildman–Crippen MR) is 64.1 cm³/mol. The molecule has 1 aliphatic heterocycles. The van der Waals surface area contributed by atoms with Crippen LogP contribution in [0, 0.1) is 0 Å². The van der Waals surface area contributed by atoms with Crippen LogP contribution in [0.1, 0.15) is 5.56 Å². The molecule has 0 spiro atoms. The predicted octanol–water partition coefficient (Wildman–Crippen LogP) is 1.74. The second-order valence-corrected chi connectivity index (χ2v) is 4.30. The molecule has 1 unspecified atom stereocenters. The van der Waals surface area contributed by atoms with E-state index in [0.29, 0.717) is 0 Å². The van der Waals surface area contributed by atoms with Gasteiger partial charge < -0.3 is 11.1 Å². The van der Waals surface area contributed by atoms with Gasteiger partial charge >= 0.3 is 0 Å². The van der Waals surface area contributed by atoms with Crippen molar-refractivity contribution < 1.29 is 0 Å². The van der Waals surface area contributed by atoms with Gasteiger partial charge in [0.1, 0.15) is 0 Å². The Balaban J connectivity index is 2.12. The Morgan fingerprint density at radius 1 is 1.40 bits per heavy atom. The molecule has 0 saturated heterocycles. The van der Waals surface area contributed by atoms with Crippen LogP contribution in [0.2, 0.25) is 5.02 Å². The smallest absolute Gasteiger partial charge is 0.0441 e. The Morgan fingerprint density at radius 2 is 2.20 bits per heavy atom. The van der Waals surface area contributed by atoms with Crippen molar-refractivity contribution >= 4 is 11.6 Å². The van der Waals surface area contributed by atoms with Gasteiger partial charge in [-0.3, -0.25) is 0 Å². The lowest BCUT2D eigenvalue weighted by Gasteiger charge is -2.19. The van der Waals surface area contributed by atoms with Crippen LogP contribution >= 0.6 is 11.6 Å². The van der Waals surface area contributed by atoms with Crippen LogP contribution in [-0.2, 0) is 6.42 Å². The molecular formula is C12H15ClN2. The lowest BCUT2D eigenvalue weighted by atomic mass is 10.0. The fourth-order valence-corrected chi connectivity index (χ4v) is 2.03. The molecular weight excluding hydrogens is 208 g/mol. The first-order valence-corrected chi connectivity index (χ1v) is 5.53. The first-order chi connectivity index (χ1) is 7.25. The maximum Gasteiger partial charge on any atom is 0.0441 e. The number of halogens is 1. The average molecular weight is 223 g/mol. The second kappa shape index (κ2) is 4.79. The molecule has 1 aromatic carbocycles. The molecule has 2 nitrogen and oxygen atoms in total. The van der Waals surface area contributed by atoms with Gasteiger partial charge in [-0.25, -0.2) is 0 Å². The van der Waals surface area contributed by atoms with Crippen molar-refractivity contribution in [2.24, 2.45) is 5.73 Å². The molecule has 3 heteroatoms. The summed E-state index contributed by atoms with van der Waals surface area (Å²) in [5, 5.41) is 4.12. The van der Waals surface area contributed by atoms with Gasteiger partial charge in [0.05, 0.1) is 0 Å². The van der Waals surface area contributed by atoms with Gasteiger partial charge in [-0.15, -0.1) is 0 Å². The Morgan fingerprint density at radius 3 is 2.93 bits per heavy atom. The number of hydrogen-bond acceptors (Lipinski definition) is 2. The molecule has 80 valence electrons. The minimum absolute atomic E-state index is 0.135. The summed E-state index contributed by atoms with van der Waals surface area (Å²) < 4.78 is 0. The quantitative estimate of drug-likeness (QED) is 0.749. The maximum atomic E-state index is 6.10. The van der Waals surface area contributed by atoms with E-state index in [9.17, 15) is 0 Å². The van der Waals surface area contributed by atoms with Gasteiger partial charge in [-0.2, -0.15) is 0 Å². The Hall–Kier alpha value is -0.830. The lowest BCUT2D eigenvalue weighted by Crippen LogP contribution is -2.38. The summed E-state index contributed by atoms with van der Waals surface area (Å²) in [4.78, 5) is 0. The molecule has 2 rings (SSSR count). The fourth-order valence-electron chi connectivity index (χ4n) is 1.83. The van der Waals surface area contributed by atoms with Crippen molar-refractivity contribution in [3.63, 3.8) is 0 Å². The molecule has 0 fully saturated rings. The summed E-state index contributed by atoms with van der Waals surface area (Å²) in [7, 11) is 0. The van der Waals surface area contributed by atoms with E-state index in [2.05, 4.69) is 17.5 Å². The highest BCUT2D eigenvalue weighted by atomic mass is 35.5. The van der Waals surface area contributed by atoms with Crippen molar-refractivity contribution in [1.82, 2.24) is 5.32 Å². The van der Waals surface area contributed by atoms with Crippen LogP contribution in [-0.4, -0.2) is 19.1 Å². The zero-order valence-electron chi connectivity index (χ0n) is 8.54. The van der Waals surface area contributed by atoms with Crippen molar-refractivity contribution in [3.8, 4) is 0 Å². The molecule has 1 aliphatic rings. The standard InChI is InChI=1S/C12H15ClN2/c13-12-4-2-1-3-10(12)5-9-6-11(14)8-15-7-9/h1-4,6,11,15H,5,7-8,14H2. The highest BCUT2D eigenvalue weighted by molar-refractivity contribution is 6.31. The molecule has 0 saturated carbocycles. The molecule has 1 atom stereocenters. The lowest BCUT2D eigenvalue weighted by molar-refractivity contribution is 0.627. The van der Waals surface area contributed by atoms with E-state index < -0.39 is 0 Å². The monoisotopic (exact) mass is 222 g/mol. The number of nitrogens with two attached hydrogens (primary N) is 1. The summed E-state index contributed by atoms with van der Waals surface area (Å²) in [5.74, 6) is 0. The highest BCUT2D eigenvalue weighted by Crippen LogP contribution is 2.19. The second-order valence-electron chi connectivity index (χ2n) is 3.89.